The fourth-order valence-electron chi connectivity index (χ4n) is 5.94. The summed E-state index contributed by atoms with van der Waals surface area (Å²) < 4.78 is 36.3. The van der Waals surface area contributed by atoms with E-state index in [2.05, 4.69) is 16.1 Å². The zero-order valence-corrected chi connectivity index (χ0v) is 24.9. The van der Waals surface area contributed by atoms with Crippen molar-refractivity contribution >= 4 is 33.3 Å². The van der Waals surface area contributed by atoms with Gasteiger partial charge in [-0.25, -0.2) is 13.1 Å². The SMILES string of the molecule is CCOC(=O)C1CCN(c2ccc(NC(=O)CCc3ccccc3)cc2S(=O)(=O)NC2CCCc3ccccc32)CC1. The van der Waals surface area contributed by atoms with Crippen molar-refractivity contribution in [2.45, 2.75) is 62.8 Å². The van der Waals surface area contributed by atoms with Crippen LogP contribution in [0.5, 0.6) is 0 Å². The highest BCUT2D eigenvalue weighted by molar-refractivity contribution is 7.89. The summed E-state index contributed by atoms with van der Waals surface area (Å²) in [5.41, 5.74) is 4.24. The summed E-state index contributed by atoms with van der Waals surface area (Å²) in [6, 6.07) is 22.5. The second kappa shape index (κ2) is 13.5. The topological polar surface area (TPSA) is 105 Å². The first-order valence-electron chi connectivity index (χ1n) is 14.8. The number of piperidine rings is 1. The lowest BCUT2D eigenvalue weighted by Gasteiger charge is -2.34. The van der Waals surface area contributed by atoms with E-state index < -0.39 is 10.0 Å². The summed E-state index contributed by atoms with van der Waals surface area (Å²) in [5.74, 6) is -0.572. The molecule has 3 aromatic carbocycles. The first-order chi connectivity index (χ1) is 20.3. The average Bonchev–Trinajstić information content (AvgIpc) is 3.01. The lowest BCUT2D eigenvalue weighted by atomic mass is 9.88. The number of anilines is 2. The van der Waals surface area contributed by atoms with Gasteiger partial charge >= 0.3 is 5.97 Å². The van der Waals surface area contributed by atoms with E-state index in [9.17, 15) is 18.0 Å². The van der Waals surface area contributed by atoms with Gasteiger partial charge in [0.25, 0.3) is 0 Å². The summed E-state index contributed by atoms with van der Waals surface area (Å²) >= 11 is 0. The predicted molar refractivity (Wildman–Crippen MR) is 164 cm³/mol. The van der Waals surface area contributed by atoms with E-state index in [1.807, 2.05) is 53.4 Å². The monoisotopic (exact) mass is 589 g/mol. The van der Waals surface area contributed by atoms with Gasteiger partial charge < -0.3 is 15.0 Å². The highest BCUT2D eigenvalue weighted by atomic mass is 32.2. The summed E-state index contributed by atoms with van der Waals surface area (Å²) in [7, 11) is -3.97. The summed E-state index contributed by atoms with van der Waals surface area (Å²) in [6.45, 7) is 3.20. The molecule has 2 aliphatic rings. The molecule has 0 radical (unpaired) electrons. The molecule has 2 N–H and O–H groups in total. The van der Waals surface area contributed by atoms with Gasteiger partial charge in [0, 0.05) is 31.2 Å². The highest BCUT2D eigenvalue weighted by Crippen LogP contribution is 2.35. The molecule has 0 aromatic heterocycles. The van der Waals surface area contributed by atoms with Gasteiger partial charge in [-0.05, 0) is 80.3 Å². The third-order valence-electron chi connectivity index (χ3n) is 8.14. The van der Waals surface area contributed by atoms with Crippen molar-refractivity contribution in [1.29, 1.82) is 0 Å². The van der Waals surface area contributed by atoms with Crippen LogP contribution in [0.2, 0.25) is 0 Å². The van der Waals surface area contributed by atoms with Crippen LogP contribution in [0.3, 0.4) is 0 Å². The molecule has 1 aliphatic heterocycles. The van der Waals surface area contributed by atoms with Gasteiger partial charge in [0.15, 0.2) is 0 Å². The van der Waals surface area contributed by atoms with Gasteiger partial charge in [-0.1, -0.05) is 54.6 Å². The maximum atomic E-state index is 14.1. The molecule has 9 heteroatoms. The Morgan fingerprint density at radius 3 is 2.45 bits per heavy atom. The van der Waals surface area contributed by atoms with Crippen LogP contribution in [-0.4, -0.2) is 40.0 Å². The molecule has 1 fully saturated rings. The van der Waals surface area contributed by atoms with Gasteiger partial charge in [-0.15, -0.1) is 0 Å². The molecule has 1 atom stereocenters. The average molecular weight is 590 g/mol. The molecule has 0 spiro atoms. The molecule has 8 nitrogen and oxygen atoms in total. The van der Waals surface area contributed by atoms with Gasteiger partial charge in [0.1, 0.15) is 4.90 Å². The molecule has 1 amide bonds. The normalized spacial score (nSPS) is 17.4. The van der Waals surface area contributed by atoms with Crippen LogP contribution in [0.25, 0.3) is 0 Å². The second-order valence-corrected chi connectivity index (χ2v) is 12.7. The van der Waals surface area contributed by atoms with E-state index in [1.54, 1.807) is 25.1 Å². The van der Waals surface area contributed by atoms with Crippen LogP contribution in [0.1, 0.15) is 61.8 Å². The van der Waals surface area contributed by atoms with Crippen molar-refractivity contribution in [3.63, 3.8) is 0 Å². The van der Waals surface area contributed by atoms with Crippen LogP contribution in [0.4, 0.5) is 11.4 Å². The lowest BCUT2D eigenvalue weighted by Crippen LogP contribution is -2.38. The van der Waals surface area contributed by atoms with E-state index >= 15 is 0 Å². The Hall–Kier alpha value is -3.69. The van der Waals surface area contributed by atoms with Crippen LogP contribution >= 0.6 is 0 Å². The largest absolute Gasteiger partial charge is 0.466 e. The summed E-state index contributed by atoms with van der Waals surface area (Å²) in [4.78, 5) is 27.2. The maximum Gasteiger partial charge on any atom is 0.309 e. The molecule has 222 valence electrons. The molecule has 1 unspecified atom stereocenters. The van der Waals surface area contributed by atoms with Crippen molar-refractivity contribution in [3.8, 4) is 0 Å². The van der Waals surface area contributed by atoms with Crippen molar-refractivity contribution in [2.75, 3.05) is 29.9 Å². The Kier molecular flexibility index (Phi) is 9.59. The Labute approximate surface area is 248 Å². The Morgan fingerprint density at radius 2 is 1.69 bits per heavy atom. The zero-order chi connectivity index (χ0) is 29.5. The minimum absolute atomic E-state index is 0.126. The molecule has 42 heavy (non-hydrogen) atoms. The number of carbonyl (C=O) groups is 2. The van der Waals surface area contributed by atoms with Gasteiger partial charge in [0.2, 0.25) is 15.9 Å². The number of nitrogens with one attached hydrogen (secondary N) is 2. The van der Waals surface area contributed by atoms with Crippen LogP contribution in [-0.2, 0) is 37.2 Å². The van der Waals surface area contributed by atoms with E-state index in [1.165, 1.54) is 0 Å². The number of rotatable bonds is 10. The van der Waals surface area contributed by atoms with Crippen molar-refractivity contribution in [3.05, 3.63) is 89.5 Å². The number of amides is 1. The smallest absolute Gasteiger partial charge is 0.309 e. The maximum absolute atomic E-state index is 14.1. The molecule has 0 bridgehead atoms. The number of nitrogens with zero attached hydrogens (tertiary/aromatic N) is 1. The Morgan fingerprint density at radius 1 is 0.952 bits per heavy atom. The van der Waals surface area contributed by atoms with Gasteiger partial charge in [-0.2, -0.15) is 0 Å². The summed E-state index contributed by atoms with van der Waals surface area (Å²) in [5, 5.41) is 2.90. The minimum atomic E-state index is -3.97. The molecule has 1 aliphatic carbocycles. The van der Waals surface area contributed by atoms with Crippen molar-refractivity contribution in [1.82, 2.24) is 4.72 Å². The molecule has 0 saturated carbocycles. The van der Waals surface area contributed by atoms with Gasteiger partial charge in [0.05, 0.1) is 18.2 Å². The number of hydrogen-bond donors (Lipinski definition) is 2. The highest BCUT2D eigenvalue weighted by Gasteiger charge is 2.32. The van der Waals surface area contributed by atoms with Gasteiger partial charge in [-0.3, -0.25) is 9.59 Å². The Balaban J connectivity index is 1.38. The molecule has 5 rings (SSSR count). The standard InChI is InChI=1S/C33H39N3O5S/c1-2-41-33(38)26-19-21-36(22-20-26)30-17-16-27(34-32(37)18-15-24-9-4-3-5-10-24)23-31(30)42(39,40)35-29-14-8-12-25-11-6-7-13-28(25)29/h3-7,9-11,13,16-17,23,26,29,35H,2,8,12,14-15,18-22H2,1H3,(H,34,37). The third-order valence-corrected chi connectivity index (χ3v) is 9.64. The molecule has 1 saturated heterocycles. The first-order valence-corrected chi connectivity index (χ1v) is 16.3. The van der Waals surface area contributed by atoms with E-state index in [0.717, 1.165) is 29.5 Å². The van der Waals surface area contributed by atoms with Crippen LogP contribution in [0, 0.1) is 5.92 Å². The molecular formula is C33H39N3O5S. The fraction of sp³-hybridized carbons (Fsp3) is 0.394. The number of carbonyl (C=O) groups excluding carboxylic acids is 2. The lowest BCUT2D eigenvalue weighted by molar-refractivity contribution is -0.148. The number of fused-ring (bicyclic) bond motifs is 1. The summed E-state index contributed by atoms with van der Waals surface area (Å²) in [6.07, 6.45) is 4.58. The first kappa shape index (κ1) is 29.8. The number of ether oxygens (including phenoxy) is 1. The second-order valence-electron chi connectivity index (χ2n) is 11.0. The van der Waals surface area contributed by atoms with Crippen LogP contribution < -0.4 is 14.9 Å². The minimum Gasteiger partial charge on any atom is -0.466 e. The molecular weight excluding hydrogens is 550 g/mol. The molecule has 3 aromatic rings. The quantitative estimate of drug-likeness (QED) is 0.307. The fourth-order valence-corrected chi connectivity index (χ4v) is 7.44. The van der Waals surface area contributed by atoms with E-state index in [0.29, 0.717) is 56.8 Å². The number of esters is 1. The van der Waals surface area contributed by atoms with Crippen LogP contribution in [0.15, 0.2) is 77.7 Å². The number of aryl methyl sites for hydroxylation is 2. The molecule has 1 heterocycles. The zero-order valence-electron chi connectivity index (χ0n) is 24.1. The number of benzene rings is 3. The van der Waals surface area contributed by atoms with Crippen molar-refractivity contribution < 1.29 is 22.7 Å². The van der Waals surface area contributed by atoms with Crippen molar-refractivity contribution in [2.24, 2.45) is 5.92 Å². The van der Waals surface area contributed by atoms with E-state index in [-0.39, 0.29) is 35.2 Å². The number of sulfonamides is 1. The van der Waals surface area contributed by atoms with E-state index in [4.69, 9.17) is 4.74 Å². The third kappa shape index (κ3) is 7.20. The number of hydrogen-bond acceptors (Lipinski definition) is 6. The Bertz CT molecular complexity index is 1500. The predicted octanol–water partition coefficient (Wildman–Crippen LogP) is 5.39.